The summed E-state index contributed by atoms with van der Waals surface area (Å²) in [5.41, 5.74) is 1.19. The lowest BCUT2D eigenvalue weighted by molar-refractivity contribution is -0.133. The van der Waals surface area contributed by atoms with E-state index in [1.165, 1.54) is 31.5 Å². The summed E-state index contributed by atoms with van der Waals surface area (Å²) in [6.45, 7) is 7.30. The van der Waals surface area contributed by atoms with Gasteiger partial charge in [-0.25, -0.2) is 0 Å². The normalized spacial score (nSPS) is 21.1. The minimum Gasteiger partial charge on any atom is -0.497 e. The van der Waals surface area contributed by atoms with Crippen LogP contribution in [-0.2, 0) is 11.2 Å². The van der Waals surface area contributed by atoms with Crippen LogP contribution in [0.4, 0.5) is 0 Å². The fourth-order valence-electron chi connectivity index (χ4n) is 3.83. The van der Waals surface area contributed by atoms with Crippen molar-refractivity contribution in [2.24, 2.45) is 5.92 Å². The Morgan fingerprint density at radius 2 is 1.92 bits per heavy atom. The second-order valence-corrected chi connectivity index (χ2v) is 7.24. The number of hydrogen-bond acceptors (Lipinski definition) is 4. The molecule has 2 aliphatic rings. The van der Waals surface area contributed by atoms with E-state index in [0.717, 1.165) is 50.8 Å². The van der Waals surface area contributed by atoms with Crippen LogP contribution in [0.2, 0.25) is 0 Å². The van der Waals surface area contributed by atoms with Gasteiger partial charge in [-0.15, -0.1) is 12.4 Å². The second-order valence-electron chi connectivity index (χ2n) is 7.24. The highest BCUT2D eigenvalue weighted by Crippen LogP contribution is 2.15. The van der Waals surface area contributed by atoms with Gasteiger partial charge in [0, 0.05) is 39.1 Å². The molecule has 2 saturated heterocycles. The SMILES string of the molecule is COc1ccc(CCC(=O)N2CCN(CC3CCCNC3)CC2)cc1.Cl. The Bertz CT molecular complexity index is 538. The minimum atomic E-state index is 0. The minimum absolute atomic E-state index is 0. The summed E-state index contributed by atoms with van der Waals surface area (Å²) in [7, 11) is 1.67. The molecule has 1 aromatic carbocycles. The molecule has 1 N–H and O–H groups in total. The van der Waals surface area contributed by atoms with Crippen molar-refractivity contribution in [3.8, 4) is 5.75 Å². The van der Waals surface area contributed by atoms with Crippen molar-refractivity contribution >= 4 is 18.3 Å². The van der Waals surface area contributed by atoms with Gasteiger partial charge in [-0.1, -0.05) is 12.1 Å². The van der Waals surface area contributed by atoms with Crippen LogP contribution in [0.3, 0.4) is 0 Å². The quantitative estimate of drug-likeness (QED) is 0.820. The maximum Gasteiger partial charge on any atom is 0.222 e. The number of nitrogens with zero attached hydrogens (tertiary/aromatic N) is 2. The van der Waals surface area contributed by atoms with Crippen molar-refractivity contribution in [2.75, 3.05) is 52.9 Å². The van der Waals surface area contributed by atoms with E-state index < -0.39 is 0 Å². The van der Waals surface area contributed by atoms with Gasteiger partial charge in [0.25, 0.3) is 0 Å². The predicted molar refractivity (Wildman–Crippen MR) is 107 cm³/mol. The first-order valence-corrected chi connectivity index (χ1v) is 9.58. The lowest BCUT2D eigenvalue weighted by Crippen LogP contribution is -2.50. The summed E-state index contributed by atoms with van der Waals surface area (Å²) in [4.78, 5) is 17.0. The van der Waals surface area contributed by atoms with Crippen LogP contribution in [0.25, 0.3) is 0 Å². The molecule has 6 heteroatoms. The van der Waals surface area contributed by atoms with Crippen molar-refractivity contribution < 1.29 is 9.53 Å². The van der Waals surface area contributed by atoms with Crippen LogP contribution in [0.5, 0.6) is 5.75 Å². The first-order valence-electron chi connectivity index (χ1n) is 9.58. The maximum absolute atomic E-state index is 12.5. The van der Waals surface area contributed by atoms with Crippen LogP contribution in [0, 0.1) is 5.92 Å². The second kappa shape index (κ2) is 10.8. The molecule has 146 valence electrons. The van der Waals surface area contributed by atoms with Gasteiger partial charge in [0.05, 0.1) is 7.11 Å². The van der Waals surface area contributed by atoms with E-state index in [0.29, 0.717) is 6.42 Å². The van der Waals surface area contributed by atoms with Crippen LogP contribution < -0.4 is 10.1 Å². The number of amides is 1. The Hall–Kier alpha value is -1.30. The van der Waals surface area contributed by atoms with Crippen LogP contribution >= 0.6 is 12.4 Å². The molecule has 26 heavy (non-hydrogen) atoms. The number of hydrogen-bond donors (Lipinski definition) is 1. The third-order valence-corrected chi connectivity index (χ3v) is 5.43. The molecule has 2 fully saturated rings. The van der Waals surface area contributed by atoms with Gasteiger partial charge < -0.3 is 15.0 Å². The summed E-state index contributed by atoms with van der Waals surface area (Å²) in [5, 5.41) is 3.49. The van der Waals surface area contributed by atoms with Crippen molar-refractivity contribution in [1.82, 2.24) is 15.1 Å². The molecule has 1 atom stereocenters. The molecule has 0 bridgehead atoms. The zero-order chi connectivity index (χ0) is 17.5. The molecule has 1 amide bonds. The average Bonchev–Trinajstić information content (AvgIpc) is 2.68. The number of carbonyl (C=O) groups excluding carboxylic acids is 1. The maximum atomic E-state index is 12.5. The number of rotatable bonds is 6. The van der Waals surface area contributed by atoms with E-state index in [2.05, 4.69) is 10.2 Å². The Morgan fingerprint density at radius 3 is 2.54 bits per heavy atom. The highest BCUT2D eigenvalue weighted by molar-refractivity contribution is 5.85. The van der Waals surface area contributed by atoms with Gasteiger partial charge in [0.15, 0.2) is 0 Å². The molecule has 1 aromatic rings. The van der Waals surface area contributed by atoms with E-state index in [1.54, 1.807) is 7.11 Å². The van der Waals surface area contributed by atoms with Crippen LogP contribution in [-0.4, -0.2) is 68.6 Å². The third kappa shape index (κ3) is 6.15. The first kappa shape index (κ1) is 21.0. The first-order chi connectivity index (χ1) is 12.2. The number of benzene rings is 1. The Labute approximate surface area is 163 Å². The van der Waals surface area contributed by atoms with Crippen molar-refractivity contribution in [2.45, 2.75) is 25.7 Å². The van der Waals surface area contributed by atoms with Gasteiger partial charge >= 0.3 is 0 Å². The van der Waals surface area contributed by atoms with E-state index in [4.69, 9.17) is 4.74 Å². The number of piperazine rings is 1. The Kier molecular flexibility index (Phi) is 8.69. The summed E-state index contributed by atoms with van der Waals surface area (Å²) in [6.07, 6.45) is 4.04. The molecule has 0 aromatic heterocycles. The van der Waals surface area contributed by atoms with E-state index in [1.807, 2.05) is 29.2 Å². The monoisotopic (exact) mass is 381 g/mol. The van der Waals surface area contributed by atoms with E-state index >= 15 is 0 Å². The molecule has 2 heterocycles. The Balaban J connectivity index is 0.00000243. The molecule has 3 rings (SSSR count). The third-order valence-electron chi connectivity index (χ3n) is 5.43. The molecule has 0 aliphatic carbocycles. The number of methoxy groups -OCH3 is 1. The zero-order valence-corrected chi connectivity index (χ0v) is 16.6. The van der Waals surface area contributed by atoms with Gasteiger partial charge in [0.1, 0.15) is 5.75 Å². The summed E-state index contributed by atoms with van der Waals surface area (Å²) in [6, 6.07) is 8.00. The largest absolute Gasteiger partial charge is 0.497 e. The van der Waals surface area contributed by atoms with Crippen LogP contribution in [0.1, 0.15) is 24.8 Å². The number of ether oxygens (including phenoxy) is 1. The van der Waals surface area contributed by atoms with Crippen molar-refractivity contribution in [1.29, 1.82) is 0 Å². The molecular formula is C20H32ClN3O2. The highest BCUT2D eigenvalue weighted by Gasteiger charge is 2.23. The van der Waals surface area contributed by atoms with Crippen molar-refractivity contribution in [3.05, 3.63) is 29.8 Å². The fraction of sp³-hybridized carbons (Fsp3) is 0.650. The number of nitrogens with one attached hydrogen (secondary N) is 1. The molecule has 0 radical (unpaired) electrons. The molecule has 0 spiro atoms. The standard InChI is InChI=1S/C20H31N3O2.ClH/c1-25-19-7-4-17(5-8-19)6-9-20(24)23-13-11-22(12-14-23)16-18-3-2-10-21-15-18;/h4-5,7-8,18,21H,2-3,6,9-16H2,1H3;1H. The highest BCUT2D eigenvalue weighted by atomic mass is 35.5. The number of halogens is 1. The molecular weight excluding hydrogens is 350 g/mol. The molecule has 0 saturated carbocycles. The van der Waals surface area contributed by atoms with Crippen molar-refractivity contribution in [3.63, 3.8) is 0 Å². The fourth-order valence-corrected chi connectivity index (χ4v) is 3.83. The van der Waals surface area contributed by atoms with Gasteiger partial charge in [0.2, 0.25) is 5.91 Å². The summed E-state index contributed by atoms with van der Waals surface area (Å²) < 4.78 is 5.17. The van der Waals surface area contributed by atoms with Gasteiger partial charge in [-0.05, 0) is 56.0 Å². The van der Waals surface area contributed by atoms with Gasteiger partial charge in [-0.3, -0.25) is 9.69 Å². The number of aryl methyl sites for hydroxylation is 1. The topological polar surface area (TPSA) is 44.8 Å². The summed E-state index contributed by atoms with van der Waals surface area (Å²) >= 11 is 0. The van der Waals surface area contributed by atoms with Gasteiger partial charge in [-0.2, -0.15) is 0 Å². The molecule has 5 nitrogen and oxygen atoms in total. The lowest BCUT2D eigenvalue weighted by atomic mass is 9.99. The van der Waals surface area contributed by atoms with E-state index in [-0.39, 0.29) is 18.3 Å². The molecule has 1 unspecified atom stereocenters. The lowest BCUT2D eigenvalue weighted by Gasteiger charge is -2.37. The average molecular weight is 382 g/mol. The summed E-state index contributed by atoms with van der Waals surface area (Å²) in [5.74, 6) is 1.93. The van der Waals surface area contributed by atoms with Crippen LogP contribution in [0.15, 0.2) is 24.3 Å². The van der Waals surface area contributed by atoms with E-state index in [9.17, 15) is 4.79 Å². The predicted octanol–water partition coefficient (Wildman–Crippen LogP) is 2.19. The number of carbonyl (C=O) groups is 1. The Morgan fingerprint density at radius 1 is 1.19 bits per heavy atom. The number of piperidine rings is 1. The molecule has 2 aliphatic heterocycles. The zero-order valence-electron chi connectivity index (χ0n) is 15.8. The smallest absolute Gasteiger partial charge is 0.222 e.